The molecule has 156 valence electrons. The van der Waals surface area contributed by atoms with Crippen LogP contribution < -0.4 is 5.43 Å². The molecule has 3 aromatic carbocycles. The van der Waals surface area contributed by atoms with Gasteiger partial charge in [0.25, 0.3) is 5.91 Å². The van der Waals surface area contributed by atoms with Crippen LogP contribution >= 0.6 is 11.8 Å². The molecule has 0 fully saturated rings. The summed E-state index contributed by atoms with van der Waals surface area (Å²) in [5.74, 6) is 0.0652. The monoisotopic (exact) mass is 430 g/mol. The van der Waals surface area contributed by atoms with E-state index in [1.54, 1.807) is 25.1 Å². The van der Waals surface area contributed by atoms with Gasteiger partial charge in [-0.2, -0.15) is 5.10 Å². The number of fused-ring (bicyclic) bond motifs is 1. The van der Waals surface area contributed by atoms with Gasteiger partial charge in [-0.25, -0.2) is 10.4 Å². The first kappa shape index (κ1) is 20.7. The number of aromatic hydroxyl groups is 1. The largest absolute Gasteiger partial charge is 0.507 e. The molecule has 0 saturated heterocycles. The van der Waals surface area contributed by atoms with Crippen molar-refractivity contribution in [1.29, 1.82) is 0 Å². The van der Waals surface area contributed by atoms with Gasteiger partial charge in [-0.05, 0) is 36.8 Å². The zero-order valence-electron chi connectivity index (χ0n) is 17.0. The number of phenolic OH excluding ortho intramolecular Hbond substituents is 1. The zero-order chi connectivity index (χ0) is 21.6. The number of thioether (sulfide) groups is 1. The second kappa shape index (κ2) is 9.49. The maximum Gasteiger partial charge on any atom is 0.250 e. The molecule has 6 nitrogen and oxygen atoms in total. The van der Waals surface area contributed by atoms with Crippen LogP contribution in [-0.4, -0.2) is 32.0 Å². The molecule has 1 amide bonds. The predicted molar refractivity (Wildman–Crippen MR) is 124 cm³/mol. The molecule has 4 aromatic rings. The summed E-state index contributed by atoms with van der Waals surface area (Å²) in [6, 6.07) is 25.0. The van der Waals surface area contributed by atoms with Crippen LogP contribution in [0.15, 0.2) is 89.1 Å². The Labute approximate surface area is 184 Å². The number of carbonyl (C=O) groups is 1. The van der Waals surface area contributed by atoms with E-state index in [4.69, 9.17) is 4.98 Å². The van der Waals surface area contributed by atoms with Crippen LogP contribution in [0.3, 0.4) is 0 Å². The first-order chi connectivity index (χ1) is 15.1. The van der Waals surface area contributed by atoms with E-state index in [-0.39, 0.29) is 17.4 Å². The zero-order valence-corrected chi connectivity index (χ0v) is 17.8. The SMILES string of the molecule is CC(=NNC(=O)CSc1nc2ccccc2n1Cc1ccccc1)c1ccccc1O. The van der Waals surface area contributed by atoms with E-state index in [0.717, 1.165) is 16.2 Å². The highest BCUT2D eigenvalue weighted by molar-refractivity contribution is 7.99. The third-order valence-corrected chi connectivity index (χ3v) is 5.75. The molecule has 0 spiro atoms. The summed E-state index contributed by atoms with van der Waals surface area (Å²) in [5.41, 5.74) is 6.77. The summed E-state index contributed by atoms with van der Waals surface area (Å²) in [7, 11) is 0. The van der Waals surface area contributed by atoms with Gasteiger partial charge in [0.05, 0.1) is 29.0 Å². The van der Waals surface area contributed by atoms with Crippen molar-refractivity contribution in [1.82, 2.24) is 15.0 Å². The standard InChI is InChI=1S/C24H22N4O2S/c1-17(19-11-5-8-14-22(19)29)26-27-23(30)16-31-24-25-20-12-6-7-13-21(20)28(24)15-18-9-3-2-4-10-18/h2-14,29H,15-16H2,1H3,(H,27,30). The molecular formula is C24H22N4O2S. The molecule has 0 saturated carbocycles. The number of phenols is 1. The first-order valence-electron chi connectivity index (χ1n) is 9.85. The molecule has 0 aliphatic carbocycles. The summed E-state index contributed by atoms with van der Waals surface area (Å²) < 4.78 is 2.12. The molecule has 4 rings (SSSR count). The molecule has 2 N–H and O–H groups in total. The lowest BCUT2D eigenvalue weighted by Gasteiger charge is -2.09. The van der Waals surface area contributed by atoms with E-state index < -0.39 is 0 Å². The quantitative estimate of drug-likeness (QED) is 0.258. The van der Waals surface area contributed by atoms with Crippen molar-refractivity contribution < 1.29 is 9.90 Å². The highest BCUT2D eigenvalue weighted by atomic mass is 32.2. The Morgan fingerprint density at radius 1 is 1.03 bits per heavy atom. The maximum absolute atomic E-state index is 12.4. The summed E-state index contributed by atoms with van der Waals surface area (Å²) in [6.07, 6.45) is 0. The number of para-hydroxylation sites is 3. The number of carbonyl (C=O) groups excluding carboxylic acids is 1. The van der Waals surface area contributed by atoms with Crippen LogP contribution in [-0.2, 0) is 11.3 Å². The van der Waals surface area contributed by atoms with Crippen LogP contribution in [0, 0.1) is 0 Å². The van der Waals surface area contributed by atoms with Crippen LogP contribution in [0.4, 0.5) is 0 Å². The molecule has 0 aliphatic rings. The topological polar surface area (TPSA) is 79.5 Å². The smallest absolute Gasteiger partial charge is 0.250 e. The Bertz CT molecular complexity index is 1230. The van der Waals surface area contributed by atoms with Crippen molar-refractivity contribution in [2.75, 3.05) is 5.75 Å². The van der Waals surface area contributed by atoms with Gasteiger partial charge in [-0.15, -0.1) is 0 Å². The molecule has 0 bridgehead atoms. The van der Waals surface area contributed by atoms with Crippen molar-refractivity contribution in [3.63, 3.8) is 0 Å². The number of rotatable bonds is 7. The number of aromatic nitrogens is 2. The van der Waals surface area contributed by atoms with Gasteiger partial charge in [0.2, 0.25) is 0 Å². The minimum absolute atomic E-state index is 0.127. The fraction of sp³-hybridized carbons (Fsp3) is 0.125. The average molecular weight is 431 g/mol. The van der Waals surface area contributed by atoms with Crippen molar-refractivity contribution in [3.05, 3.63) is 90.0 Å². The molecule has 31 heavy (non-hydrogen) atoms. The van der Waals surface area contributed by atoms with Crippen molar-refractivity contribution in [2.45, 2.75) is 18.6 Å². The Balaban J connectivity index is 1.47. The van der Waals surface area contributed by atoms with Gasteiger partial charge in [0.15, 0.2) is 5.16 Å². The predicted octanol–water partition coefficient (Wildman–Crippen LogP) is 4.42. The van der Waals surface area contributed by atoms with Gasteiger partial charge in [0, 0.05) is 5.56 Å². The van der Waals surface area contributed by atoms with E-state index in [1.165, 1.54) is 17.3 Å². The first-order valence-corrected chi connectivity index (χ1v) is 10.8. The minimum Gasteiger partial charge on any atom is -0.507 e. The summed E-state index contributed by atoms with van der Waals surface area (Å²) in [4.78, 5) is 17.1. The molecular weight excluding hydrogens is 408 g/mol. The Hall–Kier alpha value is -3.58. The third-order valence-electron chi connectivity index (χ3n) is 4.78. The fourth-order valence-corrected chi connectivity index (χ4v) is 4.04. The number of amides is 1. The number of imidazole rings is 1. The lowest BCUT2D eigenvalue weighted by molar-refractivity contribution is -0.118. The van der Waals surface area contributed by atoms with Gasteiger partial charge in [0.1, 0.15) is 5.75 Å². The Morgan fingerprint density at radius 2 is 1.74 bits per heavy atom. The van der Waals surface area contributed by atoms with E-state index in [2.05, 4.69) is 27.2 Å². The molecule has 7 heteroatoms. The highest BCUT2D eigenvalue weighted by Crippen LogP contribution is 2.25. The van der Waals surface area contributed by atoms with Crippen molar-refractivity contribution in [2.24, 2.45) is 5.10 Å². The van der Waals surface area contributed by atoms with Crippen LogP contribution in [0.2, 0.25) is 0 Å². The maximum atomic E-state index is 12.4. The van der Waals surface area contributed by atoms with Crippen LogP contribution in [0.5, 0.6) is 5.75 Å². The number of benzene rings is 3. The Kier molecular flexibility index (Phi) is 6.33. The highest BCUT2D eigenvalue weighted by Gasteiger charge is 2.13. The molecule has 1 heterocycles. The van der Waals surface area contributed by atoms with Gasteiger partial charge < -0.3 is 9.67 Å². The second-order valence-corrected chi connectivity index (χ2v) is 7.94. The van der Waals surface area contributed by atoms with E-state index >= 15 is 0 Å². The molecule has 1 aromatic heterocycles. The summed E-state index contributed by atoms with van der Waals surface area (Å²) in [6.45, 7) is 2.41. The van der Waals surface area contributed by atoms with E-state index in [0.29, 0.717) is 17.8 Å². The van der Waals surface area contributed by atoms with Gasteiger partial charge in [-0.1, -0.05) is 66.4 Å². The number of nitrogens with one attached hydrogen (secondary N) is 1. The lowest BCUT2D eigenvalue weighted by Crippen LogP contribution is -2.21. The van der Waals surface area contributed by atoms with Crippen LogP contribution in [0.1, 0.15) is 18.1 Å². The van der Waals surface area contributed by atoms with Gasteiger partial charge >= 0.3 is 0 Å². The average Bonchev–Trinajstić information content (AvgIpc) is 3.14. The molecule has 0 aliphatic heterocycles. The number of nitrogens with zero attached hydrogens (tertiary/aromatic N) is 3. The lowest BCUT2D eigenvalue weighted by atomic mass is 10.1. The van der Waals surface area contributed by atoms with Crippen molar-refractivity contribution >= 4 is 34.4 Å². The van der Waals surface area contributed by atoms with Gasteiger partial charge in [-0.3, -0.25) is 4.79 Å². The molecule has 0 unspecified atom stereocenters. The van der Waals surface area contributed by atoms with E-state index in [9.17, 15) is 9.90 Å². The third kappa shape index (κ3) is 4.95. The second-order valence-electron chi connectivity index (χ2n) is 6.99. The van der Waals surface area contributed by atoms with E-state index in [1.807, 2.05) is 48.5 Å². The minimum atomic E-state index is -0.238. The summed E-state index contributed by atoms with van der Waals surface area (Å²) in [5, 5.41) is 14.8. The molecule has 0 radical (unpaired) electrons. The fourth-order valence-electron chi connectivity index (χ4n) is 3.23. The normalized spacial score (nSPS) is 11.6. The van der Waals surface area contributed by atoms with Crippen LogP contribution in [0.25, 0.3) is 11.0 Å². The summed E-state index contributed by atoms with van der Waals surface area (Å²) >= 11 is 1.37. The number of hydrogen-bond acceptors (Lipinski definition) is 5. The number of hydrogen-bond donors (Lipinski definition) is 2. The number of hydrazone groups is 1. The molecule has 0 atom stereocenters. The Morgan fingerprint density at radius 3 is 2.55 bits per heavy atom. The van der Waals surface area contributed by atoms with Crippen molar-refractivity contribution in [3.8, 4) is 5.75 Å².